The quantitative estimate of drug-likeness (QED) is 0.566. The van der Waals surface area contributed by atoms with Gasteiger partial charge in [0.1, 0.15) is 23.1 Å². The predicted octanol–water partition coefficient (Wildman–Crippen LogP) is 2.68. The van der Waals surface area contributed by atoms with Crippen LogP contribution in [0.2, 0.25) is 0 Å². The van der Waals surface area contributed by atoms with Crippen LogP contribution in [0.5, 0.6) is 0 Å². The highest BCUT2D eigenvalue weighted by molar-refractivity contribution is 5.98. The van der Waals surface area contributed by atoms with Crippen LogP contribution in [0.3, 0.4) is 0 Å². The van der Waals surface area contributed by atoms with E-state index in [1.165, 1.54) is 0 Å². The fourth-order valence-electron chi connectivity index (χ4n) is 2.39. The van der Waals surface area contributed by atoms with Crippen molar-refractivity contribution in [3.05, 3.63) is 65.9 Å². The number of furan rings is 1. The lowest BCUT2D eigenvalue weighted by atomic mass is 10.1. The molecule has 1 aromatic carbocycles. The molecule has 126 valence electrons. The van der Waals surface area contributed by atoms with Crippen LogP contribution >= 0.6 is 0 Å². The smallest absolute Gasteiger partial charge is 0.153 e. The van der Waals surface area contributed by atoms with Gasteiger partial charge in [0.2, 0.25) is 0 Å². The molecule has 3 rings (SSSR count). The number of aliphatic imine (C=N–C) groups is 2. The Balaban J connectivity index is 1.85. The molecule has 0 spiro atoms. The molecule has 0 fully saturated rings. The Kier molecular flexibility index (Phi) is 4.61. The zero-order valence-electron chi connectivity index (χ0n) is 14.1. The van der Waals surface area contributed by atoms with Gasteiger partial charge in [0.05, 0.1) is 0 Å². The first kappa shape index (κ1) is 16.4. The maximum Gasteiger partial charge on any atom is 0.153 e. The molecule has 6 heteroatoms. The molecule has 25 heavy (non-hydrogen) atoms. The third-order valence-corrected chi connectivity index (χ3v) is 3.86. The Labute approximate surface area is 145 Å². The van der Waals surface area contributed by atoms with E-state index >= 15 is 0 Å². The summed E-state index contributed by atoms with van der Waals surface area (Å²) >= 11 is 0. The molecule has 3 aromatic rings. The summed E-state index contributed by atoms with van der Waals surface area (Å²) in [4.78, 5) is 12.3. The molecule has 6 nitrogen and oxygen atoms in total. The van der Waals surface area contributed by atoms with Gasteiger partial charge in [0.25, 0.3) is 0 Å². The molecule has 4 N–H and O–H groups in total. The van der Waals surface area contributed by atoms with Gasteiger partial charge in [-0.2, -0.15) is 0 Å². The average molecular weight is 333 g/mol. The van der Waals surface area contributed by atoms with Gasteiger partial charge in [-0.1, -0.05) is 24.3 Å². The summed E-state index contributed by atoms with van der Waals surface area (Å²) in [7, 11) is 3.31. The van der Waals surface area contributed by atoms with Crippen LogP contribution in [0.4, 0.5) is 0 Å². The molecule has 0 radical (unpaired) electrons. The minimum atomic E-state index is 0.453. The molecule has 0 saturated carbocycles. The summed E-state index contributed by atoms with van der Waals surface area (Å²) in [5, 5.41) is 0. The topological polar surface area (TPSA) is 103 Å². The number of benzene rings is 1. The highest BCUT2D eigenvalue weighted by Crippen LogP contribution is 2.27. The van der Waals surface area contributed by atoms with Gasteiger partial charge in [-0.15, -0.1) is 0 Å². The van der Waals surface area contributed by atoms with E-state index in [2.05, 4.69) is 15.0 Å². The Morgan fingerprint density at radius 3 is 2.00 bits per heavy atom. The Morgan fingerprint density at radius 2 is 1.40 bits per heavy atom. The van der Waals surface area contributed by atoms with Gasteiger partial charge in [0, 0.05) is 37.0 Å². The average Bonchev–Trinajstić information content (AvgIpc) is 3.17. The van der Waals surface area contributed by atoms with Crippen molar-refractivity contribution >= 4 is 11.7 Å². The van der Waals surface area contributed by atoms with E-state index in [0.29, 0.717) is 17.4 Å². The molecule has 0 unspecified atom stereocenters. The van der Waals surface area contributed by atoms with Gasteiger partial charge in [-0.3, -0.25) is 15.0 Å². The van der Waals surface area contributed by atoms with Crippen molar-refractivity contribution in [2.24, 2.45) is 21.5 Å². The second kappa shape index (κ2) is 7.00. The number of amidine groups is 2. The van der Waals surface area contributed by atoms with Crippen molar-refractivity contribution in [1.29, 1.82) is 0 Å². The zero-order valence-corrected chi connectivity index (χ0v) is 14.1. The lowest BCUT2D eigenvalue weighted by Crippen LogP contribution is -2.12. The predicted molar refractivity (Wildman–Crippen MR) is 101 cm³/mol. The molecule has 2 aromatic heterocycles. The van der Waals surface area contributed by atoms with Crippen molar-refractivity contribution in [2.45, 2.75) is 0 Å². The van der Waals surface area contributed by atoms with E-state index in [4.69, 9.17) is 15.9 Å². The third-order valence-electron chi connectivity index (χ3n) is 3.86. The first-order valence-corrected chi connectivity index (χ1v) is 7.74. The van der Waals surface area contributed by atoms with E-state index in [-0.39, 0.29) is 0 Å². The number of hydrogen-bond acceptors (Lipinski definition) is 4. The summed E-state index contributed by atoms with van der Waals surface area (Å²) in [6.45, 7) is 0. The van der Waals surface area contributed by atoms with Crippen molar-refractivity contribution in [3.63, 3.8) is 0 Å². The molecular formula is C19H19N5O. The van der Waals surface area contributed by atoms with Gasteiger partial charge in [0.15, 0.2) is 5.76 Å². The zero-order chi connectivity index (χ0) is 17.8. The first-order chi connectivity index (χ1) is 12.1. The van der Waals surface area contributed by atoms with E-state index in [1.807, 2.05) is 48.5 Å². The number of nitrogens with zero attached hydrogens (tertiary/aromatic N) is 3. The number of rotatable bonds is 4. The van der Waals surface area contributed by atoms with E-state index < -0.39 is 0 Å². The highest BCUT2D eigenvalue weighted by atomic mass is 16.3. The van der Waals surface area contributed by atoms with Crippen LogP contribution in [-0.2, 0) is 0 Å². The summed E-state index contributed by atoms with van der Waals surface area (Å²) in [6, 6.07) is 15.3. The molecule has 0 amide bonds. The number of aromatic nitrogens is 1. The monoisotopic (exact) mass is 333 g/mol. The molecule has 0 bridgehead atoms. The largest absolute Gasteiger partial charge is 0.454 e. The number of nitrogens with two attached hydrogens (primary N) is 2. The third kappa shape index (κ3) is 3.42. The summed E-state index contributed by atoms with van der Waals surface area (Å²) in [6.07, 6.45) is 1.68. The fourth-order valence-corrected chi connectivity index (χ4v) is 2.39. The Morgan fingerprint density at radius 1 is 0.800 bits per heavy atom. The SMILES string of the molecule is CN=C(N)c1ccc(-c2ccc(-c3ccc(C(N)=NC)cn3)o2)cc1. The Hall–Kier alpha value is -3.41. The maximum absolute atomic E-state index is 5.92. The summed E-state index contributed by atoms with van der Waals surface area (Å²) in [5.74, 6) is 2.40. The van der Waals surface area contributed by atoms with Gasteiger partial charge in [-0.05, 0) is 24.3 Å². The van der Waals surface area contributed by atoms with Crippen molar-refractivity contribution in [3.8, 4) is 22.8 Å². The van der Waals surface area contributed by atoms with Crippen molar-refractivity contribution in [1.82, 2.24) is 4.98 Å². The van der Waals surface area contributed by atoms with Crippen molar-refractivity contribution in [2.75, 3.05) is 14.1 Å². The van der Waals surface area contributed by atoms with Crippen LogP contribution < -0.4 is 11.5 Å². The second-order valence-electron chi connectivity index (χ2n) is 5.39. The molecule has 0 aliphatic rings. The summed E-state index contributed by atoms with van der Waals surface area (Å²) < 4.78 is 5.92. The highest BCUT2D eigenvalue weighted by Gasteiger charge is 2.09. The van der Waals surface area contributed by atoms with Gasteiger partial charge >= 0.3 is 0 Å². The molecule has 0 aliphatic carbocycles. The van der Waals surface area contributed by atoms with Crippen LogP contribution in [0.25, 0.3) is 22.8 Å². The lowest BCUT2D eigenvalue weighted by molar-refractivity contribution is 0.595. The van der Waals surface area contributed by atoms with Crippen LogP contribution in [-0.4, -0.2) is 30.8 Å². The van der Waals surface area contributed by atoms with Gasteiger partial charge in [-0.25, -0.2) is 0 Å². The van der Waals surface area contributed by atoms with Gasteiger partial charge < -0.3 is 15.9 Å². The lowest BCUT2D eigenvalue weighted by Gasteiger charge is -2.02. The second-order valence-corrected chi connectivity index (χ2v) is 5.39. The normalized spacial score (nSPS) is 12.4. The van der Waals surface area contributed by atoms with Crippen molar-refractivity contribution < 1.29 is 4.42 Å². The fraction of sp³-hybridized carbons (Fsp3) is 0.105. The van der Waals surface area contributed by atoms with E-state index in [9.17, 15) is 0 Å². The minimum Gasteiger partial charge on any atom is -0.454 e. The van der Waals surface area contributed by atoms with E-state index in [0.717, 1.165) is 28.1 Å². The molecular weight excluding hydrogens is 314 g/mol. The molecule has 2 heterocycles. The number of pyridine rings is 1. The standard InChI is InChI=1S/C19H19N5O/c1-22-18(20)13-5-3-12(4-6-13)16-9-10-17(25-16)15-8-7-14(11-24-15)19(21)23-2/h3-11H,1-2H3,(H2,20,22)(H2,21,23). The molecule has 0 saturated heterocycles. The van der Waals surface area contributed by atoms with Crippen LogP contribution in [0.1, 0.15) is 11.1 Å². The minimum absolute atomic E-state index is 0.453. The Bertz CT molecular complexity index is 845. The van der Waals surface area contributed by atoms with E-state index in [1.54, 1.807) is 20.3 Å². The maximum atomic E-state index is 5.92. The number of hydrogen-bond donors (Lipinski definition) is 2. The first-order valence-electron chi connectivity index (χ1n) is 7.74. The van der Waals surface area contributed by atoms with Crippen LogP contribution in [0.15, 0.2) is 69.1 Å². The molecule has 0 atom stereocenters. The van der Waals surface area contributed by atoms with Crippen LogP contribution in [0, 0.1) is 0 Å². The summed E-state index contributed by atoms with van der Waals surface area (Å²) in [5.41, 5.74) is 14.9. The molecule has 0 aliphatic heterocycles.